The summed E-state index contributed by atoms with van der Waals surface area (Å²) in [6.07, 6.45) is 7.57. The highest BCUT2D eigenvalue weighted by atomic mass is 16.4. The zero-order valence-electron chi connectivity index (χ0n) is 16.5. The number of hydrogen-bond acceptors (Lipinski definition) is 3. The quantitative estimate of drug-likeness (QED) is 0.698. The van der Waals surface area contributed by atoms with Crippen LogP contribution >= 0.6 is 0 Å². The SMILES string of the molecule is C[C@H](C(=O)O)[C@H]1CC[C@H]2[C@@H]3CCC4C[C@H](O)CC[C@]4(C)[C@H]3C[C@H](O)[C@]12C. The second-order valence-electron chi connectivity index (χ2n) is 10.5. The van der Waals surface area contributed by atoms with E-state index in [1.54, 1.807) is 0 Å². The van der Waals surface area contributed by atoms with Gasteiger partial charge in [-0.3, -0.25) is 4.79 Å². The molecule has 0 bridgehead atoms. The fraction of sp³-hybridized carbons (Fsp3) is 0.955. The highest BCUT2D eigenvalue weighted by Crippen LogP contribution is 2.68. The minimum absolute atomic E-state index is 0.0830. The smallest absolute Gasteiger partial charge is 0.306 e. The maximum absolute atomic E-state index is 11.7. The van der Waals surface area contributed by atoms with Crippen molar-refractivity contribution >= 4 is 5.97 Å². The Hall–Kier alpha value is -0.610. The molecular weight excluding hydrogens is 328 g/mol. The van der Waals surface area contributed by atoms with E-state index >= 15 is 0 Å². The van der Waals surface area contributed by atoms with E-state index in [0.29, 0.717) is 23.7 Å². The van der Waals surface area contributed by atoms with Crippen LogP contribution in [0.2, 0.25) is 0 Å². The van der Waals surface area contributed by atoms with Gasteiger partial charge in [-0.25, -0.2) is 0 Å². The molecule has 0 radical (unpaired) electrons. The second kappa shape index (κ2) is 6.20. The fourth-order valence-electron chi connectivity index (χ4n) is 8.22. The second-order valence-corrected chi connectivity index (χ2v) is 10.5. The molecule has 0 spiro atoms. The number of aliphatic carboxylic acids is 1. The minimum atomic E-state index is -0.719. The van der Waals surface area contributed by atoms with Gasteiger partial charge in [-0.2, -0.15) is 0 Å². The predicted octanol–water partition coefficient (Wildman–Crippen LogP) is 3.70. The molecule has 4 aliphatic rings. The third kappa shape index (κ3) is 2.44. The van der Waals surface area contributed by atoms with Gasteiger partial charge in [0.05, 0.1) is 18.1 Å². The molecule has 0 aromatic carbocycles. The van der Waals surface area contributed by atoms with E-state index in [1.807, 2.05) is 6.92 Å². The Morgan fingerprint density at radius 2 is 1.73 bits per heavy atom. The number of rotatable bonds is 2. The van der Waals surface area contributed by atoms with Crippen LogP contribution in [0.15, 0.2) is 0 Å². The van der Waals surface area contributed by atoms with E-state index in [-0.39, 0.29) is 28.8 Å². The molecule has 1 unspecified atom stereocenters. The Morgan fingerprint density at radius 3 is 2.42 bits per heavy atom. The first kappa shape index (κ1) is 18.7. The van der Waals surface area contributed by atoms with Crippen molar-refractivity contribution in [1.82, 2.24) is 0 Å². The third-order valence-corrected chi connectivity index (χ3v) is 9.81. The van der Waals surface area contributed by atoms with E-state index in [2.05, 4.69) is 13.8 Å². The van der Waals surface area contributed by atoms with Gasteiger partial charge in [0.2, 0.25) is 0 Å². The van der Waals surface area contributed by atoms with Crippen molar-refractivity contribution in [3.8, 4) is 0 Å². The van der Waals surface area contributed by atoms with Crippen molar-refractivity contribution in [1.29, 1.82) is 0 Å². The van der Waals surface area contributed by atoms with E-state index in [0.717, 1.165) is 38.5 Å². The molecule has 4 nitrogen and oxygen atoms in total. The summed E-state index contributed by atoms with van der Waals surface area (Å²) >= 11 is 0. The first-order chi connectivity index (χ1) is 12.2. The van der Waals surface area contributed by atoms with E-state index in [1.165, 1.54) is 12.8 Å². The van der Waals surface area contributed by atoms with Crippen LogP contribution < -0.4 is 0 Å². The molecule has 4 aliphatic carbocycles. The van der Waals surface area contributed by atoms with E-state index < -0.39 is 12.1 Å². The molecule has 10 atom stereocenters. The molecule has 0 aromatic heterocycles. The molecule has 0 amide bonds. The zero-order chi connectivity index (χ0) is 18.9. The van der Waals surface area contributed by atoms with Gasteiger partial charge < -0.3 is 15.3 Å². The Morgan fingerprint density at radius 1 is 1.00 bits per heavy atom. The van der Waals surface area contributed by atoms with Crippen molar-refractivity contribution in [3.05, 3.63) is 0 Å². The lowest BCUT2D eigenvalue weighted by molar-refractivity contribution is -0.178. The monoisotopic (exact) mass is 364 g/mol. The lowest BCUT2D eigenvalue weighted by Crippen LogP contribution is -2.59. The maximum Gasteiger partial charge on any atom is 0.306 e. The number of fused-ring (bicyclic) bond motifs is 5. The molecule has 0 aromatic rings. The highest BCUT2D eigenvalue weighted by molar-refractivity contribution is 5.70. The summed E-state index contributed by atoms with van der Waals surface area (Å²) in [5, 5.41) is 31.0. The Labute approximate surface area is 157 Å². The van der Waals surface area contributed by atoms with Gasteiger partial charge in [0.25, 0.3) is 0 Å². The van der Waals surface area contributed by atoms with Gasteiger partial charge in [0, 0.05) is 5.41 Å². The summed E-state index contributed by atoms with van der Waals surface area (Å²) in [4.78, 5) is 11.7. The van der Waals surface area contributed by atoms with Crippen LogP contribution in [0.1, 0.15) is 72.1 Å². The molecule has 4 rings (SSSR count). The number of aliphatic hydroxyl groups excluding tert-OH is 2. The molecule has 0 aliphatic heterocycles. The average Bonchev–Trinajstić information content (AvgIpc) is 2.94. The largest absolute Gasteiger partial charge is 0.481 e. The van der Waals surface area contributed by atoms with Crippen LogP contribution in [-0.4, -0.2) is 33.5 Å². The third-order valence-electron chi connectivity index (χ3n) is 9.81. The minimum Gasteiger partial charge on any atom is -0.481 e. The Kier molecular flexibility index (Phi) is 4.47. The molecule has 0 heterocycles. The summed E-state index contributed by atoms with van der Waals surface area (Å²) in [7, 11) is 0. The van der Waals surface area contributed by atoms with Crippen LogP contribution in [0.3, 0.4) is 0 Å². The van der Waals surface area contributed by atoms with Gasteiger partial charge in [-0.1, -0.05) is 20.8 Å². The maximum atomic E-state index is 11.7. The first-order valence-corrected chi connectivity index (χ1v) is 10.8. The summed E-state index contributed by atoms with van der Waals surface area (Å²) in [5.74, 6) is 1.16. The molecular formula is C22H36O4. The Balaban J connectivity index is 1.64. The molecule has 26 heavy (non-hydrogen) atoms. The van der Waals surface area contributed by atoms with Crippen LogP contribution in [0.5, 0.6) is 0 Å². The van der Waals surface area contributed by atoms with Crippen molar-refractivity contribution in [3.63, 3.8) is 0 Å². The van der Waals surface area contributed by atoms with E-state index in [9.17, 15) is 20.1 Å². The van der Waals surface area contributed by atoms with Gasteiger partial charge in [0.15, 0.2) is 0 Å². The van der Waals surface area contributed by atoms with Crippen molar-refractivity contribution < 1.29 is 20.1 Å². The summed E-state index contributed by atoms with van der Waals surface area (Å²) in [6.45, 7) is 6.44. The van der Waals surface area contributed by atoms with Crippen LogP contribution in [0, 0.1) is 46.3 Å². The number of carbonyl (C=O) groups is 1. The molecule has 148 valence electrons. The predicted molar refractivity (Wildman–Crippen MR) is 99.4 cm³/mol. The van der Waals surface area contributed by atoms with Gasteiger partial charge in [-0.05, 0) is 86.4 Å². The zero-order valence-corrected chi connectivity index (χ0v) is 16.5. The van der Waals surface area contributed by atoms with Gasteiger partial charge >= 0.3 is 5.97 Å². The molecule has 4 fully saturated rings. The molecule has 4 saturated carbocycles. The van der Waals surface area contributed by atoms with Gasteiger partial charge in [0.1, 0.15) is 0 Å². The molecule has 4 heteroatoms. The topological polar surface area (TPSA) is 77.8 Å². The van der Waals surface area contributed by atoms with Crippen LogP contribution in [-0.2, 0) is 4.79 Å². The van der Waals surface area contributed by atoms with Crippen LogP contribution in [0.25, 0.3) is 0 Å². The number of carboxylic acids is 1. The number of aliphatic hydroxyl groups is 2. The standard InChI is InChI=1S/C22H36O4/c1-12(20(25)26)16-6-7-17-15-5-4-13-10-14(23)8-9-21(13,2)18(15)11-19(24)22(16,17)3/h12-19,23-24H,4-11H2,1-3H3,(H,25,26)/t12-,13?,14+,15-,16+,17-,18-,19-,21-,22+/m0/s1. The molecule has 0 saturated heterocycles. The fourth-order valence-corrected chi connectivity index (χ4v) is 8.22. The highest BCUT2D eigenvalue weighted by Gasteiger charge is 2.64. The lowest BCUT2D eigenvalue weighted by atomic mass is 9.43. The number of hydrogen-bond donors (Lipinski definition) is 3. The summed E-state index contributed by atoms with van der Waals surface area (Å²) in [5.41, 5.74) is -0.0166. The number of carboxylic acid groups (broad SMARTS) is 1. The van der Waals surface area contributed by atoms with Crippen molar-refractivity contribution in [2.75, 3.05) is 0 Å². The van der Waals surface area contributed by atoms with Crippen molar-refractivity contribution in [2.45, 2.75) is 84.3 Å². The lowest BCUT2D eigenvalue weighted by Gasteiger charge is -2.62. The average molecular weight is 365 g/mol. The Bertz CT molecular complexity index is 576. The normalized spacial score (nSPS) is 54.7. The van der Waals surface area contributed by atoms with Crippen molar-refractivity contribution in [2.24, 2.45) is 46.3 Å². The molecule has 3 N–H and O–H groups in total. The first-order valence-electron chi connectivity index (χ1n) is 10.8. The summed E-state index contributed by atoms with van der Waals surface area (Å²) in [6, 6.07) is 0. The summed E-state index contributed by atoms with van der Waals surface area (Å²) < 4.78 is 0. The van der Waals surface area contributed by atoms with E-state index in [4.69, 9.17) is 0 Å². The van der Waals surface area contributed by atoms with Crippen LogP contribution in [0.4, 0.5) is 0 Å². The van der Waals surface area contributed by atoms with Gasteiger partial charge in [-0.15, -0.1) is 0 Å².